The first kappa shape index (κ1) is 11.8. The molecule has 1 unspecified atom stereocenters. The highest BCUT2D eigenvalue weighted by molar-refractivity contribution is 5.48. The van der Waals surface area contributed by atoms with Gasteiger partial charge in [-0.2, -0.15) is 0 Å². The van der Waals surface area contributed by atoms with Crippen molar-refractivity contribution in [1.29, 1.82) is 0 Å². The van der Waals surface area contributed by atoms with Gasteiger partial charge in [0.25, 0.3) is 0 Å². The first-order valence-electron chi connectivity index (χ1n) is 6.54. The average molecular weight is 249 g/mol. The third kappa shape index (κ3) is 2.44. The number of hydrogen-bond acceptors (Lipinski definition) is 4. The zero-order valence-corrected chi connectivity index (χ0v) is 10.7. The van der Waals surface area contributed by atoms with E-state index < -0.39 is 0 Å². The van der Waals surface area contributed by atoms with Crippen LogP contribution in [0.3, 0.4) is 0 Å². The fourth-order valence-corrected chi connectivity index (χ4v) is 2.45. The Morgan fingerprint density at radius 1 is 1.17 bits per heavy atom. The third-order valence-corrected chi connectivity index (χ3v) is 3.45. The molecule has 1 aromatic carbocycles. The highest BCUT2D eigenvalue weighted by Gasteiger charge is 2.18. The molecule has 4 heteroatoms. The van der Waals surface area contributed by atoms with E-state index in [1.54, 1.807) is 0 Å². The molecule has 2 aliphatic rings. The molecule has 3 rings (SSSR count). The third-order valence-electron chi connectivity index (χ3n) is 3.45. The molecule has 1 N–H and O–H groups in total. The molecule has 4 nitrogen and oxygen atoms in total. The summed E-state index contributed by atoms with van der Waals surface area (Å²) in [5.74, 6) is 1.73. The van der Waals surface area contributed by atoms with Crippen molar-refractivity contribution >= 4 is 0 Å². The quantitative estimate of drug-likeness (QED) is 0.857. The van der Waals surface area contributed by atoms with Gasteiger partial charge in [0, 0.05) is 19.5 Å². The molecule has 0 saturated carbocycles. The van der Waals surface area contributed by atoms with Crippen LogP contribution in [0.15, 0.2) is 12.1 Å². The number of morpholine rings is 1. The highest BCUT2D eigenvalue weighted by Crippen LogP contribution is 2.33. The Morgan fingerprint density at radius 2 is 1.94 bits per heavy atom. The molecular weight excluding hydrogens is 230 g/mol. The molecule has 0 radical (unpaired) electrons. The Balaban J connectivity index is 1.78. The van der Waals surface area contributed by atoms with Crippen molar-refractivity contribution in [2.24, 2.45) is 0 Å². The second kappa shape index (κ2) is 5.16. The Morgan fingerprint density at radius 3 is 2.67 bits per heavy atom. The van der Waals surface area contributed by atoms with Crippen molar-refractivity contribution in [1.82, 2.24) is 5.32 Å². The maximum Gasteiger partial charge on any atom is 0.161 e. The number of aryl methyl sites for hydroxylation is 1. The van der Waals surface area contributed by atoms with Crippen LogP contribution >= 0.6 is 0 Å². The molecule has 0 aromatic heterocycles. The molecule has 1 fully saturated rings. The van der Waals surface area contributed by atoms with Crippen LogP contribution in [-0.4, -0.2) is 39.0 Å². The van der Waals surface area contributed by atoms with Gasteiger partial charge in [-0.05, 0) is 30.2 Å². The van der Waals surface area contributed by atoms with Crippen molar-refractivity contribution < 1.29 is 14.2 Å². The predicted octanol–water partition coefficient (Wildman–Crippen LogP) is 1.30. The number of rotatable bonds is 2. The van der Waals surface area contributed by atoms with Crippen LogP contribution in [0, 0.1) is 6.92 Å². The lowest BCUT2D eigenvalue weighted by Gasteiger charge is -2.25. The number of hydrogen-bond donors (Lipinski definition) is 1. The molecular formula is C14H19NO3. The highest BCUT2D eigenvalue weighted by atomic mass is 16.6. The minimum atomic E-state index is 0.264. The van der Waals surface area contributed by atoms with Crippen LogP contribution in [0.1, 0.15) is 11.1 Å². The summed E-state index contributed by atoms with van der Waals surface area (Å²) >= 11 is 0. The maximum absolute atomic E-state index is 5.75. The smallest absolute Gasteiger partial charge is 0.161 e. The van der Waals surface area contributed by atoms with Crippen LogP contribution in [0.25, 0.3) is 0 Å². The van der Waals surface area contributed by atoms with E-state index in [1.165, 1.54) is 11.1 Å². The fourth-order valence-electron chi connectivity index (χ4n) is 2.45. The predicted molar refractivity (Wildman–Crippen MR) is 68.5 cm³/mol. The Labute approximate surface area is 107 Å². The summed E-state index contributed by atoms with van der Waals surface area (Å²) in [6.45, 7) is 6.07. The number of ether oxygens (including phenoxy) is 3. The number of nitrogens with one attached hydrogen (secondary N) is 1. The van der Waals surface area contributed by atoms with Gasteiger partial charge >= 0.3 is 0 Å². The normalized spacial score (nSPS) is 22.8. The number of benzene rings is 1. The van der Waals surface area contributed by atoms with Gasteiger partial charge in [-0.3, -0.25) is 0 Å². The first-order valence-corrected chi connectivity index (χ1v) is 6.54. The van der Waals surface area contributed by atoms with Gasteiger partial charge in [-0.25, -0.2) is 0 Å². The molecule has 2 heterocycles. The molecule has 0 aliphatic carbocycles. The molecule has 0 amide bonds. The minimum Gasteiger partial charge on any atom is -0.486 e. The SMILES string of the molecule is Cc1cc2c(cc1CC1CNCCO1)OCCO2. The maximum atomic E-state index is 5.75. The Hall–Kier alpha value is -1.26. The van der Waals surface area contributed by atoms with E-state index in [-0.39, 0.29) is 6.10 Å². The van der Waals surface area contributed by atoms with Crippen LogP contribution in [-0.2, 0) is 11.2 Å². The van der Waals surface area contributed by atoms with Gasteiger partial charge in [-0.15, -0.1) is 0 Å². The lowest BCUT2D eigenvalue weighted by molar-refractivity contribution is 0.0291. The van der Waals surface area contributed by atoms with Crippen molar-refractivity contribution in [2.45, 2.75) is 19.4 Å². The molecule has 98 valence electrons. The molecule has 0 spiro atoms. The second-order valence-electron chi connectivity index (χ2n) is 4.82. The van der Waals surface area contributed by atoms with Crippen LogP contribution < -0.4 is 14.8 Å². The summed E-state index contributed by atoms with van der Waals surface area (Å²) in [5.41, 5.74) is 2.53. The van der Waals surface area contributed by atoms with E-state index in [0.29, 0.717) is 13.2 Å². The van der Waals surface area contributed by atoms with E-state index in [9.17, 15) is 0 Å². The molecule has 1 atom stereocenters. The van der Waals surface area contributed by atoms with Crippen molar-refractivity contribution in [2.75, 3.05) is 32.9 Å². The van der Waals surface area contributed by atoms with Gasteiger partial charge in [0.05, 0.1) is 12.7 Å². The lowest BCUT2D eigenvalue weighted by Crippen LogP contribution is -2.39. The van der Waals surface area contributed by atoms with Crippen molar-refractivity contribution in [3.63, 3.8) is 0 Å². The molecule has 1 saturated heterocycles. The number of fused-ring (bicyclic) bond motifs is 1. The molecule has 1 aromatic rings. The van der Waals surface area contributed by atoms with Gasteiger partial charge < -0.3 is 19.5 Å². The lowest BCUT2D eigenvalue weighted by atomic mass is 10.0. The summed E-state index contributed by atoms with van der Waals surface area (Å²) in [7, 11) is 0. The topological polar surface area (TPSA) is 39.7 Å². The van der Waals surface area contributed by atoms with E-state index in [4.69, 9.17) is 14.2 Å². The first-order chi connectivity index (χ1) is 8.83. The second-order valence-corrected chi connectivity index (χ2v) is 4.82. The van der Waals surface area contributed by atoms with Crippen LogP contribution in [0.4, 0.5) is 0 Å². The summed E-state index contributed by atoms with van der Waals surface area (Å²) in [6, 6.07) is 4.17. The fraction of sp³-hybridized carbons (Fsp3) is 0.571. The van der Waals surface area contributed by atoms with Gasteiger partial charge in [0.2, 0.25) is 0 Å². The Bertz CT molecular complexity index is 427. The van der Waals surface area contributed by atoms with E-state index in [1.807, 2.05) is 0 Å². The van der Waals surface area contributed by atoms with E-state index in [0.717, 1.165) is 37.6 Å². The monoisotopic (exact) mass is 249 g/mol. The van der Waals surface area contributed by atoms with Crippen LogP contribution in [0.5, 0.6) is 11.5 Å². The van der Waals surface area contributed by atoms with Gasteiger partial charge in [0.1, 0.15) is 13.2 Å². The standard InChI is InChI=1S/C14H19NO3/c1-10-6-13-14(18-5-4-17-13)8-11(10)7-12-9-15-2-3-16-12/h6,8,12,15H,2-5,7,9H2,1H3. The zero-order valence-electron chi connectivity index (χ0n) is 10.7. The minimum absolute atomic E-state index is 0.264. The van der Waals surface area contributed by atoms with Gasteiger partial charge in [0.15, 0.2) is 11.5 Å². The zero-order chi connectivity index (χ0) is 12.4. The summed E-state index contributed by atoms with van der Waals surface area (Å²) in [5, 5.41) is 3.36. The molecule has 0 bridgehead atoms. The van der Waals surface area contributed by atoms with Gasteiger partial charge in [-0.1, -0.05) is 0 Å². The van der Waals surface area contributed by atoms with Crippen molar-refractivity contribution in [3.05, 3.63) is 23.3 Å². The van der Waals surface area contributed by atoms with Crippen molar-refractivity contribution in [3.8, 4) is 11.5 Å². The summed E-state index contributed by atoms with van der Waals surface area (Å²) < 4.78 is 17.0. The Kier molecular flexibility index (Phi) is 3.39. The van der Waals surface area contributed by atoms with E-state index in [2.05, 4.69) is 24.4 Å². The van der Waals surface area contributed by atoms with E-state index >= 15 is 0 Å². The summed E-state index contributed by atoms with van der Waals surface area (Å²) in [6.07, 6.45) is 1.19. The summed E-state index contributed by atoms with van der Waals surface area (Å²) in [4.78, 5) is 0. The average Bonchev–Trinajstić information content (AvgIpc) is 2.41. The van der Waals surface area contributed by atoms with Crippen LogP contribution in [0.2, 0.25) is 0 Å². The molecule has 18 heavy (non-hydrogen) atoms. The molecule has 2 aliphatic heterocycles. The largest absolute Gasteiger partial charge is 0.486 e.